The van der Waals surface area contributed by atoms with E-state index in [1.807, 2.05) is 24.3 Å². The molecule has 0 spiro atoms. The van der Waals surface area contributed by atoms with Gasteiger partial charge in [0, 0.05) is 5.69 Å². The van der Waals surface area contributed by atoms with Crippen LogP contribution in [0.25, 0.3) is 10.8 Å². The molecule has 3 aromatic rings. The third kappa shape index (κ3) is 4.02. The van der Waals surface area contributed by atoms with Gasteiger partial charge in [-0.2, -0.15) is 0 Å². The van der Waals surface area contributed by atoms with Gasteiger partial charge in [0.15, 0.2) is 5.11 Å². The smallest absolute Gasteiger partial charge is 0.339 e. The van der Waals surface area contributed by atoms with Crippen LogP contribution in [0, 0.1) is 0 Å². The summed E-state index contributed by atoms with van der Waals surface area (Å²) >= 11 is 5.14. The van der Waals surface area contributed by atoms with Crippen LogP contribution in [-0.4, -0.2) is 34.3 Å². The van der Waals surface area contributed by atoms with E-state index in [0.29, 0.717) is 17.0 Å². The molecule has 28 heavy (non-hydrogen) atoms. The number of nitrogens with one attached hydrogen (secondary N) is 2. The summed E-state index contributed by atoms with van der Waals surface area (Å²) in [7, 11) is 1.47. The highest BCUT2D eigenvalue weighted by Gasteiger charge is 2.16. The number of carboxylic acid groups (broad SMARTS) is 1. The Hall–Kier alpha value is -3.65. The van der Waals surface area contributed by atoms with Crippen LogP contribution in [0.3, 0.4) is 0 Å². The number of hydrogen-bond acceptors (Lipinski definition) is 5. The van der Waals surface area contributed by atoms with Gasteiger partial charge in [-0.1, -0.05) is 24.3 Å². The second kappa shape index (κ2) is 7.93. The van der Waals surface area contributed by atoms with Crippen LogP contribution in [0.2, 0.25) is 0 Å². The lowest BCUT2D eigenvalue weighted by Crippen LogP contribution is -2.34. The highest BCUT2D eigenvalue weighted by molar-refractivity contribution is 7.80. The first kappa shape index (κ1) is 19.1. The quantitative estimate of drug-likeness (QED) is 0.395. The average molecular weight is 396 g/mol. The van der Waals surface area contributed by atoms with Crippen molar-refractivity contribution < 1.29 is 24.5 Å². The summed E-state index contributed by atoms with van der Waals surface area (Å²) in [5.74, 6) is -1.72. The first-order valence-electron chi connectivity index (χ1n) is 8.14. The zero-order valence-electron chi connectivity index (χ0n) is 14.7. The van der Waals surface area contributed by atoms with Gasteiger partial charge in [0.05, 0.1) is 12.7 Å². The van der Waals surface area contributed by atoms with Gasteiger partial charge in [-0.25, -0.2) is 4.79 Å². The molecule has 0 saturated heterocycles. The molecule has 0 atom stereocenters. The van der Waals surface area contributed by atoms with Gasteiger partial charge in [0.1, 0.15) is 17.1 Å². The first-order chi connectivity index (χ1) is 13.4. The minimum absolute atomic E-state index is 0.0257. The molecule has 142 valence electrons. The summed E-state index contributed by atoms with van der Waals surface area (Å²) in [6.07, 6.45) is 0. The van der Waals surface area contributed by atoms with Gasteiger partial charge in [-0.05, 0) is 53.3 Å². The lowest BCUT2D eigenvalue weighted by Gasteiger charge is -2.13. The lowest BCUT2D eigenvalue weighted by molar-refractivity contribution is 0.0693. The standard InChI is InChI=1S/C20H16N2O5S/c1-27-17-9-12-5-3-2-4-11(12)8-15(17)18(24)22-20(28)21-13-6-7-16(23)14(10-13)19(25)26/h2-10,23H,1H3,(H,25,26)(H2,21,22,24,28). The molecule has 0 unspecified atom stereocenters. The Balaban J connectivity index is 1.79. The number of carbonyl (C=O) groups excluding carboxylic acids is 1. The van der Waals surface area contributed by atoms with Crippen molar-refractivity contribution in [2.24, 2.45) is 0 Å². The van der Waals surface area contributed by atoms with E-state index in [-0.39, 0.29) is 16.4 Å². The highest BCUT2D eigenvalue weighted by Crippen LogP contribution is 2.26. The van der Waals surface area contributed by atoms with E-state index >= 15 is 0 Å². The van der Waals surface area contributed by atoms with Crippen molar-refractivity contribution in [3.63, 3.8) is 0 Å². The number of carboxylic acids is 1. The van der Waals surface area contributed by atoms with E-state index in [1.54, 1.807) is 12.1 Å². The van der Waals surface area contributed by atoms with Crippen molar-refractivity contribution >= 4 is 45.7 Å². The number of hydrogen-bond donors (Lipinski definition) is 4. The van der Waals surface area contributed by atoms with E-state index < -0.39 is 11.9 Å². The number of phenols is 1. The summed E-state index contributed by atoms with van der Waals surface area (Å²) in [6.45, 7) is 0. The van der Waals surface area contributed by atoms with E-state index in [2.05, 4.69) is 10.6 Å². The second-order valence-electron chi connectivity index (χ2n) is 5.84. The van der Waals surface area contributed by atoms with E-state index in [0.717, 1.165) is 10.8 Å². The van der Waals surface area contributed by atoms with Gasteiger partial charge in [0.25, 0.3) is 5.91 Å². The Morgan fingerprint density at radius 2 is 1.68 bits per heavy atom. The molecule has 4 N–H and O–H groups in total. The van der Waals surface area contributed by atoms with Crippen LogP contribution in [0.4, 0.5) is 5.69 Å². The molecule has 0 bridgehead atoms. The molecule has 7 nitrogen and oxygen atoms in total. The largest absolute Gasteiger partial charge is 0.507 e. The highest BCUT2D eigenvalue weighted by atomic mass is 32.1. The maximum absolute atomic E-state index is 12.6. The molecule has 0 aromatic heterocycles. The molecule has 0 aliphatic carbocycles. The molecule has 1 amide bonds. The Labute approximate surface area is 165 Å². The van der Waals surface area contributed by atoms with E-state index in [1.165, 1.54) is 25.3 Å². The number of carbonyl (C=O) groups is 2. The fraction of sp³-hybridized carbons (Fsp3) is 0.0500. The lowest BCUT2D eigenvalue weighted by atomic mass is 10.1. The van der Waals surface area contributed by atoms with Crippen molar-refractivity contribution in [2.45, 2.75) is 0 Å². The molecule has 3 aromatic carbocycles. The number of rotatable bonds is 4. The van der Waals surface area contributed by atoms with Crippen molar-refractivity contribution in [3.8, 4) is 11.5 Å². The minimum atomic E-state index is -1.28. The monoisotopic (exact) mass is 396 g/mol. The number of thiocarbonyl (C=S) groups is 1. The number of amides is 1. The predicted molar refractivity (Wildman–Crippen MR) is 109 cm³/mol. The summed E-state index contributed by atoms with van der Waals surface area (Å²) in [5, 5.41) is 25.7. The average Bonchev–Trinajstić information content (AvgIpc) is 2.68. The van der Waals surface area contributed by atoms with Gasteiger partial charge in [-0.15, -0.1) is 0 Å². The number of methoxy groups -OCH3 is 1. The number of aromatic carboxylic acids is 1. The molecule has 0 heterocycles. The van der Waals surface area contributed by atoms with Gasteiger partial charge in [0.2, 0.25) is 0 Å². The Morgan fingerprint density at radius 3 is 2.32 bits per heavy atom. The fourth-order valence-corrected chi connectivity index (χ4v) is 2.89. The summed E-state index contributed by atoms with van der Waals surface area (Å²) in [6, 6.07) is 14.9. The molecule has 0 saturated carbocycles. The zero-order valence-corrected chi connectivity index (χ0v) is 15.5. The maximum atomic E-state index is 12.6. The predicted octanol–water partition coefficient (Wildman–Crippen LogP) is 3.38. The Kier molecular flexibility index (Phi) is 5.42. The van der Waals surface area contributed by atoms with Crippen LogP contribution >= 0.6 is 12.2 Å². The molecule has 0 aliphatic heterocycles. The minimum Gasteiger partial charge on any atom is -0.507 e. The normalized spacial score (nSPS) is 10.3. The Bertz CT molecular complexity index is 1100. The topological polar surface area (TPSA) is 108 Å². The first-order valence-corrected chi connectivity index (χ1v) is 8.55. The second-order valence-corrected chi connectivity index (χ2v) is 6.25. The Morgan fingerprint density at radius 1 is 1.00 bits per heavy atom. The third-order valence-electron chi connectivity index (χ3n) is 4.02. The van der Waals surface area contributed by atoms with Crippen LogP contribution in [-0.2, 0) is 0 Å². The molecular formula is C20H16N2O5S. The van der Waals surface area contributed by atoms with Crippen LogP contribution in [0.5, 0.6) is 11.5 Å². The van der Waals surface area contributed by atoms with Gasteiger partial charge >= 0.3 is 5.97 Å². The zero-order chi connectivity index (χ0) is 20.3. The SMILES string of the molecule is COc1cc2ccccc2cc1C(=O)NC(=S)Nc1ccc(O)c(C(=O)O)c1. The van der Waals surface area contributed by atoms with Gasteiger partial charge in [-0.3, -0.25) is 10.1 Å². The van der Waals surface area contributed by atoms with Gasteiger partial charge < -0.3 is 20.3 Å². The number of fused-ring (bicyclic) bond motifs is 1. The van der Waals surface area contributed by atoms with Crippen LogP contribution in [0.15, 0.2) is 54.6 Å². The van der Waals surface area contributed by atoms with Crippen molar-refractivity contribution in [2.75, 3.05) is 12.4 Å². The van der Waals surface area contributed by atoms with Crippen LogP contribution in [0.1, 0.15) is 20.7 Å². The van der Waals surface area contributed by atoms with Crippen molar-refractivity contribution in [3.05, 3.63) is 65.7 Å². The maximum Gasteiger partial charge on any atom is 0.339 e. The van der Waals surface area contributed by atoms with E-state index in [4.69, 9.17) is 22.1 Å². The summed E-state index contributed by atoms with van der Waals surface area (Å²) < 4.78 is 5.31. The number of ether oxygens (including phenoxy) is 1. The number of benzene rings is 3. The van der Waals surface area contributed by atoms with E-state index in [9.17, 15) is 14.7 Å². The molecular weight excluding hydrogens is 380 g/mol. The summed E-state index contributed by atoms with van der Waals surface area (Å²) in [5.41, 5.74) is 0.337. The fourth-order valence-electron chi connectivity index (χ4n) is 2.68. The molecule has 0 aliphatic rings. The molecule has 0 radical (unpaired) electrons. The molecule has 3 rings (SSSR count). The van der Waals surface area contributed by atoms with Crippen LogP contribution < -0.4 is 15.4 Å². The summed E-state index contributed by atoms with van der Waals surface area (Å²) in [4.78, 5) is 23.7. The molecule has 0 fully saturated rings. The van der Waals surface area contributed by atoms with Crippen molar-refractivity contribution in [1.29, 1.82) is 0 Å². The van der Waals surface area contributed by atoms with Crippen molar-refractivity contribution in [1.82, 2.24) is 5.32 Å². The molecule has 8 heteroatoms. The third-order valence-corrected chi connectivity index (χ3v) is 4.23. The number of anilines is 1. The number of aromatic hydroxyl groups is 1.